The highest BCUT2D eigenvalue weighted by Crippen LogP contribution is 2.37. The van der Waals surface area contributed by atoms with Crippen molar-refractivity contribution in [1.29, 1.82) is 0 Å². The van der Waals surface area contributed by atoms with Gasteiger partial charge in [-0.15, -0.1) is 0 Å². The largest absolute Gasteiger partial charge is 0.428 e. The van der Waals surface area contributed by atoms with Gasteiger partial charge >= 0.3 is 0 Å². The maximum atomic E-state index is 5.45. The van der Waals surface area contributed by atoms with Crippen molar-refractivity contribution in [3.63, 3.8) is 0 Å². The van der Waals surface area contributed by atoms with Crippen LogP contribution in [0.1, 0.15) is 51.5 Å². The van der Waals surface area contributed by atoms with E-state index in [-0.39, 0.29) is 0 Å². The van der Waals surface area contributed by atoms with Crippen LogP contribution in [0, 0.1) is 0 Å². The van der Waals surface area contributed by atoms with Crippen molar-refractivity contribution in [2.24, 2.45) is 0 Å². The van der Waals surface area contributed by atoms with E-state index in [1.165, 1.54) is 37.7 Å². The van der Waals surface area contributed by atoms with Crippen molar-refractivity contribution >= 4 is 10.5 Å². The maximum absolute atomic E-state index is 5.45. The molecule has 0 bridgehead atoms. The number of benzene rings is 1. The van der Waals surface area contributed by atoms with Crippen LogP contribution in [0.15, 0.2) is 30.3 Å². The fourth-order valence-corrected chi connectivity index (χ4v) is 3.06. The standard InChI is InChI=1S/C15H26OSi/c1-3-10-15(11-4-2,12-13-16-17)14-8-6-5-7-9-14/h5-9H,3-4,10-13H2,1-2,17H3. The first-order valence-electron chi connectivity index (χ1n) is 6.83. The van der Waals surface area contributed by atoms with Gasteiger partial charge in [0.05, 0.1) is 0 Å². The summed E-state index contributed by atoms with van der Waals surface area (Å²) >= 11 is 0. The summed E-state index contributed by atoms with van der Waals surface area (Å²) in [7, 11) is 0.853. The zero-order valence-corrected chi connectivity index (χ0v) is 13.5. The predicted molar refractivity (Wildman–Crippen MR) is 78.4 cm³/mol. The highest BCUT2D eigenvalue weighted by Gasteiger charge is 2.29. The van der Waals surface area contributed by atoms with E-state index in [2.05, 4.69) is 44.2 Å². The predicted octanol–water partition coefficient (Wildman–Crippen LogP) is 3.21. The van der Waals surface area contributed by atoms with Gasteiger partial charge in [-0.05, 0) is 30.2 Å². The molecule has 1 aromatic carbocycles. The minimum absolute atomic E-state index is 0.342. The molecule has 0 unspecified atom stereocenters. The van der Waals surface area contributed by atoms with Crippen molar-refractivity contribution in [2.45, 2.75) is 51.4 Å². The molecule has 0 spiro atoms. The summed E-state index contributed by atoms with van der Waals surface area (Å²) < 4.78 is 5.45. The Hall–Kier alpha value is -0.603. The van der Waals surface area contributed by atoms with E-state index in [0.717, 1.165) is 17.1 Å². The Labute approximate surface area is 109 Å². The van der Waals surface area contributed by atoms with Crippen molar-refractivity contribution in [3.05, 3.63) is 35.9 Å². The summed E-state index contributed by atoms with van der Waals surface area (Å²) in [5.74, 6) is 0. The second-order valence-corrected chi connectivity index (χ2v) is 5.47. The molecule has 0 aliphatic carbocycles. The molecule has 2 heteroatoms. The lowest BCUT2D eigenvalue weighted by atomic mass is 9.71. The van der Waals surface area contributed by atoms with E-state index in [4.69, 9.17) is 4.43 Å². The van der Waals surface area contributed by atoms with Crippen LogP contribution in [0.4, 0.5) is 0 Å². The molecule has 96 valence electrons. The Kier molecular flexibility index (Phi) is 6.52. The van der Waals surface area contributed by atoms with Gasteiger partial charge < -0.3 is 4.43 Å². The van der Waals surface area contributed by atoms with Crippen LogP contribution < -0.4 is 0 Å². The Bertz CT molecular complexity index is 291. The van der Waals surface area contributed by atoms with Crippen LogP contribution in [0.5, 0.6) is 0 Å². The van der Waals surface area contributed by atoms with E-state index in [9.17, 15) is 0 Å². The average Bonchev–Trinajstić information content (AvgIpc) is 2.37. The van der Waals surface area contributed by atoms with E-state index >= 15 is 0 Å². The lowest BCUT2D eigenvalue weighted by molar-refractivity contribution is 0.246. The van der Waals surface area contributed by atoms with Crippen LogP contribution in [0.25, 0.3) is 0 Å². The lowest BCUT2D eigenvalue weighted by Gasteiger charge is -2.34. The molecule has 1 aromatic rings. The molecule has 0 aliphatic heterocycles. The molecule has 0 N–H and O–H groups in total. The second-order valence-electron chi connectivity index (χ2n) is 4.89. The normalized spacial score (nSPS) is 11.9. The molecule has 0 aliphatic rings. The average molecular weight is 250 g/mol. The lowest BCUT2D eigenvalue weighted by Crippen LogP contribution is -2.27. The van der Waals surface area contributed by atoms with Gasteiger partial charge in [-0.25, -0.2) is 0 Å². The van der Waals surface area contributed by atoms with Crippen molar-refractivity contribution in [2.75, 3.05) is 6.61 Å². The van der Waals surface area contributed by atoms with Gasteiger partial charge in [0.1, 0.15) is 10.5 Å². The quantitative estimate of drug-likeness (QED) is 0.644. The molecule has 0 atom stereocenters. The molecule has 0 fully saturated rings. The van der Waals surface area contributed by atoms with Gasteiger partial charge in [0.15, 0.2) is 0 Å². The van der Waals surface area contributed by atoms with Gasteiger partial charge in [0.2, 0.25) is 0 Å². The number of rotatable bonds is 8. The summed E-state index contributed by atoms with van der Waals surface area (Å²) in [6.07, 6.45) is 6.21. The third kappa shape index (κ3) is 3.97. The first-order valence-corrected chi connectivity index (χ1v) is 7.65. The van der Waals surface area contributed by atoms with E-state index in [0.29, 0.717) is 5.41 Å². The van der Waals surface area contributed by atoms with Gasteiger partial charge in [-0.2, -0.15) is 0 Å². The molecule has 17 heavy (non-hydrogen) atoms. The Balaban J connectivity index is 2.95. The molecule has 0 saturated carbocycles. The highest BCUT2D eigenvalue weighted by atomic mass is 28.2. The summed E-state index contributed by atoms with van der Waals surface area (Å²) in [5, 5.41) is 0. The molecule has 0 radical (unpaired) electrons. The summed E-state index contributed by atoms with van der Waals surface area (Å²) in [4.78, 5) is 0. The minimum Gasteiger partial charge on any atom is -0.428 e. The zero-order valence-electron chi connectivity index (χ0n) is 11.5. The van der Waals surface area contributed by atoms with Gasteiger partial charge in [-0.1, -0.05) is 57.0 Å². The molecule has 0 heterocycles. The molecular formula is C15H26OSi. The second kappa shape index (κ2) is 7.67. The molecule has 0 saturated heterocycles. The van der Waals surface area contributed by atoms with Crippen LogP contribution >= 0.6 is 0 Å². The van der Waals surface area contributed by atoms with Crippen molar-refractivity contribution in [3.8, 4) is 0 Å². The zero-order chi connectivity index (χ0) is 12.6. The summed E-state index contributed by atoms with van der Waals surface area (Å²) in [5.41, 5.74) is 1.84. The SMILES string of the molecule is CCCC(CCC)(CCO[SiH3])c1ccccc1. The number of hydrogen-bond acceptors (Lipinski definition) is 1. The number of hydrogen-bond donors (Lipinski definition) is 0. The topological polar surface area (TPSA) is 9.23 Å². The van der Waals surface area contributed by atoms with Crippen LogP contribution in [-0.4, -0.2) is 17.1 Å². The Morgan fingerprint density at radius 3 is 2.06 bits per heavy atom. The Morgan fingerprint density at radius 2 is 1.59 bits per heavy atom. The Morgan fingerprint density at radius 1 is 1.00 bits per heavy atom. The molecular weight excluding hydrogens is 224 g/mol. The third-order valence-electron chi connectivity index (χ3n) is 3.63. The third-order valence-corrected chi connectivity index (χ3v) is 4.04. The van der Waals surface area contributed by atoms with Gasteiger partial charge in [0.25, 0.3) is 0 Å². The summed E-state index contributed by atoms with van der Waals surface area (Å²) in [6.45, 7) is 5.49. The summed E-state index contributed by atoms with van der Waals surface area (Å²) in [6, 6.07) is 11.0. The van der Waals surface area contributed by atoms with Crippen molar-refractivity contribution < 1.29 is 4.43 Å². The van der Waals surface area contributed by atoms with Crippen LogP contribution in [0.2, 0.25) is 0 Å². The molecule has 0 amide bonds. The highest BCUT2D eigenvalue weighted by molar-refractivity contribution is 5.97. The van der Waals surface area contributed by atoms with E-state index < -0.39 is 0 Å². The van der Waals surface area contributed by atoms with E-state index in [1.807, 2.05) is 0 Å². The van der Waals surface area contributed by atoms with Gasteiger partial charge in [-0.3, -0.25) is 0 Å². The molecule has 0 aromatic heterocycles. The molecule has 1 rings (SSSR count). The first kappa shape index (κ1) is 14.5. The monoisotopic (exact) mass is 250 g/mol. The minimum atomic E-state index is 0.342. The fraction of sp³-hybridized carbons (Fsp3) is 0.600. The molecule has 1 nitrogen and oxygen atoms in total. The van der Waals surface area contributed by atoms with Crippen LogP contribution in [0.3, 0.4) is 0 Å². The smallest absolute Gasteiger partial charge is 0.145 e. The van der Waals surface area contributed by atoms with E-state index in [1.54, 1.807) is 0 Å². The van der Waals surface area contributed by atoms with Crippen LogP contribution in [-0.2, 0) is 9.84 Å². The maximum Gasteiger partial charge on any atom is 0.145 e. The fourth-order valence-electron chi connectivity index (χ4n) is 2.85. The van der Waals surface area contributed by atoms with Crippen molar-refractivity contribution in [1.82, 2.24) is 0 Å². The first-order chi connectivity index (χ1) is 8.29. The van der Waals surface area contributed by atoms with Gasteiger partial charge in [0, 0.05) is 6.61 Å².